The Hall–Kier alpha value is -1.90. The number of nitrogens with zero attached hydrogens (tertiary/aromatic N) is 1. The Morgan fingerprint density at radius 3 is 2.70 bits per heavy atom. The Bertz CT molecular complexity index is 739. The van der Waals surface area contributed by atoms with Crippen LogP contribution in [0.25, 0.3) is 0 Å². The van der Waals surface area contributed by atoms with Gasteiger partial charge in [-0.3, -0.25) is 4.72 Å². The Balaban J connectivity index is 2.38. The molecule has 0 spiro atoms. The lowest BCUT2D eigenvalue weighted by atomic mass is 10.3. The van der Waals surface area contributed by atoms with E-state index < -0.39 is 15.8 Å². The number of pyridine rings is 1. The molecule has 0 radical (unpaired) electrons. The first kappa shape index (κ1) is 14.5. The fraction of sp³-hybridized carbons (Fsp3) is 0. The Morgan fingerprint density at radius 2 is 2.05 bits per heavy atom. The van der Waals surface area contributed by atoms with Crippen molar-refractivity contribution in [1.82, 2.24) is 4.98 Å². The first-order valence-electron chi connectivity index (χ1n) is 5.33. The molecule has 9 heteroatoms. The molecule has 1 heterocycles. The molecule has 4 N–H and O–H groups in total. The van der Waals surface area contributed by atoms with Crippen LogP contribution in [0.1, 0.15) is 0 Å². The summed E-state index contributed by atoms with van der Waals surface area (Å²) in [4.78, 5) is 3.66. The van der Waals surface area contributed by atoms with Crippen molar-refractivity contribution >= 4 is 33.1 Å². The van der Waals surface area contributed by atoms with Gasteiger partial charge in [0.25, 0.3) is 10.0 Å². The van der Waals surface area contributed by atoms with Crippen molar-refractivity contribution in [2.75, 3.05) is 10.1 Å². The lowest BCUT2D eigenvalue weighted by Crippen LogP contribution is -2.18. The average Bonchev–Trinajstić information content (AvgIpc) is 2.42. The highest BCUT2D eigenvalue weighted by Crippen LogP contribution is 2.24. The monoisotopic (exact) mass is 316 g/mol. The van der Waals surface area contributed by atoms with Crippen LogP contribution >= 0.6 is 11.6 Å². The number of sulfonamides is 1. The van der Waals surface area contributed by atoms with Gasteiger partial charge in [-0.15, -0.1) is 0 Å². The minimum absolute atomic E-state index is 0.00629. The van der Waals surface area contributed by atoms with Crippen LogP contribution in [0, 0.1) is 5.82 Å². The standard InChI is InChI=1S/C11H10ClFN4O2S/c12-8-6-7(3-4-9(8)13)17-20(18,19)10-2-1-5-15-11(10)16-14/h1-6,17H,14H2,(H,15,16). The first-order chi connectivity index (χ1) is 9.44. The number of benzene rings is 1. The molecule has 20 heavy (non-hydrogen) atoms. The Morgan fingerprint density at radius 1 is 1.30 bits per heavy atom. The molecule has 106 valence electrons. The fourth-order valence-corrected chi connectivity index (χ4v) is 2.84. The first-order valence-corrected chi connectivity index (χ1v) is 7.19. The van der Waals surface area contributed by atoms with Crippen LogP contribution in [0.5, 0.6) is 0 Å². The molecule has 1 aromatic heterocycles. The highest BCUT2D eigenvalue weighted by molar-refractivity contribution is 7.92. The van der Waals surface area contributed by atoms with E-state index in [0.717, 1.165) is 6.07 Å². The summed E-state index contributed by atoms with van der Waals surface area (Å²) >= 11 is 5.59. The van der Waals surface area contributed by atoms with E-state index in [2.05, 4.69) is 15.1 Å². The molecular weight excluding hydrogens is 307 g/mol. The van der Waals surface area contributed by atoms with Gasteiger partial charge in [-0.2, -0.15) is 0 Å². The quantitative estimate of drug-likeness (QED) is 0.592. The molecule has 0 saturated carbocycles. The summed E-state index contributed by atoms with van der Waals surface area (Å²) < 4.78 is 39.7. The number of nitrogens with one attached hydrogen (secondary N) is 2. The maximum atomic E-state index is 13.0. The third kappa shape index (κ3) is 2.98. The minimum Gasteiger partial charge on any atom is -0.307 e. The summed E-state index contributed by atoms with van der Waals surface area (Å²) in [6.45, 7) is 0. The summed E-state index contributed by atoms with van der Waals surface area (Å²) in [5, 5.41) is -0.187. The molecule has 0 atom stereocenters. The van der Waals surface area contributed by atoms with Gasteiger partial charge in [0, 0.05) is 6.20 Å². The van der Waals surface area contributed by atoms with Gasteiger partial charge in [0.1, 0.15) is 10.7 Å². The number of hydrogen-bond donors (Lipinski definition) is 3. The summed E-state index contributed by atoms with van der Waals surface area (Å²) in [6, 6.07) is 6.26. The Labute approximate surface area is 119 Å². The molecule has 0 aliphatic heterocycles. The number of rotatable bonds is 4. The van der Waals surface area contributed by atoms with E-state index in [1.165, 1.54) is 30.5 Å². The minimum atomic E-state index is -3.92. The van der Waals surface area contributed by atoms with Crippen molar-refractivity contribution in [1.29, 1.82) is 0 Å². The molecule has 0 unspecified atom stereocenters. The van der Waals surface area contributed by atoms with Gasteiger partial charge in [0.15, 0.2) is 5.82 Å². The zero-order valence-electron chi connectivity index (χ0n) is 9.97. The van der Waals surface area contributed by atoms with Crippen LogP contribution in [0.2, 0.25) is 5.02 Å². The summed E-state index contributed by atoms with van der Waals surface area (Å²) in [5.41, 5.74) is 2.32. The van der Waals surface area contributed by atoms with Gasteiger partial charge in [-0.25, -0.2) is 23.6 Å². The van der Waals surface area contributed by atoms with Crippen molar-refractivity contribution in [3.63, 3.8) is 0 Å². The molecule has 0 saturated heterocycles. The highest BCUT2D eigenvalue weighted by atomic mass is 35.5. The van der Waals surface area contributed by atoms with Crippen molar-refractivity contribution in [2.45, 2.75) is 4.90 Å². The van der Waals surface area contributed by atoms with Gasteiger partial charge in [-0.1, -0.05) is 11.6 Å². The molecule has 0 aliphatic rings. The van der Waals surface area contributed by atoms with Gasteiger partial charge in [0.05, 0.1) is 10.7 Å². The summed E-state index contributed by atoms with van der Waals surface area (Å²) in [5.74, 6) is 4.56. The van der Waals surface area contributed by atoms with Gasteiger partial charge >= 0.3 is 0 Å². The number of aromatic nitrogens is 1. The maximum absolute atomic E-state index is 13.0. The van der Waals surface area contributed by atoms with Crippen LogP contribution in [0.4, 0.5) is 15.9 Å². The number of nitrogen functional groups attached to an aromatic ring is 1. The predicted octanol–water partition coefficient (Wildman–Crippen LogP) is 1.96. The summed E-state index contributed by atoms with van der Waals surface area (Å²) in [6.07, 6.45) is 1.39. The second-order valence-corrected chi connectivity index (χ2v) is 5.79. The number of hydrogen-bond acceptors (Lipinski definition) is 5. The molecule has 0 fully saturated rings. The largest absolute Gasteiger partial charge is 0.307 e. The zero-order valence-corrected chi connectivity index (χ0v) is 11.5. The van der Waals surface area contributed by atoms with E-state index in [9.17, 15) is 12.8 Å². The van der Waals surface area contributed by atoms with Gasteiger partial charge in [0.2, 0.25) is 0 Å². The lowest BCUT2D eigenvalue weighted by Gasteiger charge is -2.11. The molecule has 1 aromatic carbocycles. The van der Waals surface area contributed by atoms with Gasteiger partial charge in [-0.05, 0) is 30.3 Å². The van der Waals surface area contributed by atoms with Crippen molar-refractivity contribution in [3.8, 4) is 0 Å². The van der Waals surface area contributed by atoms with E-state index in [-0.39, 0.29) is 21.4 Å². The third-order valence-electron chi connectivity index (χ3n) is 2.37. The normalized spacial score (nSPS) is 11.2. The van der Waals surface area contributed by atoms with E-state index in [1.807, 2.05) is 0 Å². The number of halogens is 2. The fourth-order valence-electron chi connectivity index (χ4n) is 1.49. The van der Waals surface area contributed by atoms with E-state index in [1.54, 1.807) is 0 Å². The average molecular weight is 317 g/mol. The van der Waals surface area contributed by atoms with Crippen LogP contribution in [0.3, 0.4) is 0 Å². The lowest BCUT2D eigenvalue weighted by molar-refractivity contribution is 0.601. The smallest absolute Gasteiger partial charge is 0.265 e. The van der Waals surface area contributed by atoms with E-state index in [0.29, 0.717) is 0 Å². The van der Waals surface area contributed by atoms with Gasteiger partial charge < -0.3 is 5.43 Å². The summed E-state index contributed by atoms with van der Waals surface area (Å²) in [7, 11) is -3.92. The topological polar surface area (TPSA) is 97.1 Å². The van der Waals surface area contributed by atoms with Crippen LogP contribution < -0.4 is 16.0 Å². The number of hydrazine groups is 1. The van der Waals surface area contributed by atoms with Crippen molar-refractivity contribution in [2.24, 2.45) is 5.84 Å². The number of nitrogens with two attached hydrogens (primary N) is 1. The molecule has 0 bridgehead atoms. The molecule has 0 aliphatic carbocycles. The molecular formula is C11H10ClFN4O2S. The van der Waals surface area contributed by atoms with Crippen LogP contribution in [-0.2, 0) is 10.0 Å². The Kier molecular flexibility index (Phi) is 4.07. The molecule has 6 nitrogen and oxygen atoms in total. The van der Waals surface area contributed by atoms with E-state index >= 15 is 0 Å². The second kappa shape index (κ2) is 5.61. The van der Waals surface area contributed by atoms with E-state index in [4.69, 9.17) is 17.4 Å². The SMILES string of the molecule is NNc1ncccc1S(=O)(=O)Nc1ccc(F)c(Cl)c1. The molecule has 2 rings (SSSR count). The van der Waals surface area contributed by atoms with Crippen molar-refractivity contribution in [3.05, 3.63) is 47.4 Å². The second-order valence-electron chi connectivity index (χ2n) is 3.73. The molecule has 0 amide bonds. The van der Waals surface area contributed by atoms with Crippen molar-refractivity contribution < 1.29 is 12.8 Å². The highest BCUT2D eigenvalue weighted by Gasteiger charge is 2.19. The van der Waals surface area contributed by atoms with Crippen LogP contribution in [-0.4, -0.2) is 13.4 Å². The predicted molar refractivity (Wildman–Crippen MR) is 74.3 cm³/mol. The maximum Gasteiger partial charge on any atom is 0.265 e. The number of anilines is 2. The zero-order chi connectivity index (χ0) is 14.8. The molecule has 2 aromatic rings. The third-order valence-corrected chi connectivity index (χ3v) is 4.07. The van der Waals surface area contributed by atoms with Crippen LogP contribution in [0.15, 0.2) is 41.4 Å².